The molecule has 0 saturated carbocycles. The summed E-state index contributed by atoms with van der Waals surface area (Å²) in [5.41, 5.74) is 7.11. The Morgan fingerprint density at radius 3 is 2.84 bits per heavy atom. The Balaban J connectivity index is 1.72. The zero-order valence-electron chi connectivity index (χ0n) is 11.5. The zero-order chi connectivity index (χ0) is 13.7. The number of likely N-dealkylation sites (tertiary alicyclic amines) is 1. The molecule has 1 saturated heterocycles. The van der Waals surface area contributed by atoms with Gasteiger partial charge in [-0.1, -0.05) is 17.7 Å². The molecule has 1 aliphatic heterocycles. The number of thioether (sulfide) groups is 1. The largest absolute Gasteiger partial charge is 0.343 e. The first-order valence-electron chi connectivity index (χ1n) is 6.88. The maximum atomic E-state index is 12.0. The molecular weight excluding hydrogens is 256 g/mol. The average molecular weight is 278 g/mol. The fourth-order valence-corrected chi connectivity index (χ4v) is 3.22. The smallest absolute Gasteiger partial charge is 0.223 e. The first-order chi connectivity index (χ1) is 9.15. The van der Waals surface area contributed by atoms with Crippen molar-refractivity contribution in [3.63, 3.8) is 0 Å². The number of carbonyl (C=O) groups excluding carboxylic acids is 1. The maximum absolute atomic E-state index is 12.0. The number of rotatable bonds is 4. The van der Waals surface area contributed by atoms with Gasteiger partial charge in [0, 0.05) is 36.2 Å². The van der Waals surface area contributed by atoms with Gasteiger partial charge in [0.05, 0.1) is 0 Å². The standard InChI is InChI=1S/C15H22N2OS/c1-12-3-2-4-14(11-12)19-10-7-15(18)17-8-5-13(16)6-9-17/h2-4,11,13H,5-10,16H2,1H3. The van der Waals surface area contributed by atoms with Gasteiger partial charge in [-0.05, 0) is 31.9 Å². The minimum Gasteiger partial charge on any atom is -0.343 e. The van der Waals surface area contributed by atoms with Crippen molar-refractivity contribution in [1.29, 1.82) is 0 Å². The predicted molar refractivity (Wildman–Crippen MR) is 80.3 cm³/mol. The molecule has 104 valence electrons. The quantitative estimate of drug-likeness (QED) is 0.860. The normalized spacial score (nSPS) is 16.6. The van der Waals surface area contributed by atoms with Crippen molar-refractivity contribution in [1.82, 2.24) is 4.90 Å². The van der Waals surface area contributed by atoms with Crippen LogP contribution in [0.25, 0.3) is 0 Å². The molecule has 0 atom stereocenters. The Morgan fingerprint density at radius 1 is 1.42 bits per heavy atom. The second-order valence-electron chi connectivity index (χ2n) is 5.13. The Morgan fingerprint density at radius 2 is 2.16 bits per heavy atom. The summed E-state index contributed by atoms with van der Waals surface area (Å²) >= 11 is 1.76. The molecule has 1 heterocycles. The van der Waals surface area contributed by atoms with E-state index in [1.54, 1.807) is 11.8 Å². The van der Waals surface area contributed by atoms with E-state index in [2.05, 4.69) is 31.2 Å². The van der Waals surface area contributed by atoms with E-state index in [9.17, 15) is 4.79 Å². The lowest BCUT2D eigenvalue weighted by Crippen LogP contribution is -2.42. The van der Waals surface area contributed by atoms with Crippen molar-refractivity contribution in [2.45, 2.75) is 37.1 Å². The third-order valence-electron chi connectivity index (χ3n) is 3.47. The summed E-state index contributed by atoms with van der Waals surface area (Å²) in [4.78, 5) is 15.2. The molecule has 0 aliphatic carbocycles. The molecule has 1 fully saturated rings. The first-order valence-corrected chi connectivity index (χ1v) is 7.86. The molecule has 0 aromatic heterocycles. The molecule has 19 heavy (non-hydrogen) atoms. The lowest BCUT2D eigenvalue weighted by molar-refractivity contribution is -0.131. The molecule has 2 rings (SSSR count). The number of carbonyl (C=O) groups is 1. The Kier molecular flexibility index (Phi) is 5.28. The molecular formula is C15H22N2OS. The van der Waals surface area contributed by atoms with Gasteiger partial charge in [-0.15, -0.1) is 11.8 Å². The third-order valence-corrected chi connectivity index (χ3v) is 4.46. The molecule has 2 N–H and O–H groups in total. The van der Waals surface area contributed by atoms with Crippen LogP contribution in [0.15, 0.2) is 29.2 Å². The molecule has 1 aromatic rings. The Labute approximate surface area is 119 Å². The molecule has 4 heteroatoms. The van der Waals surface area contributed by atoms with Crippen LogP contribution in [0, 0.1) is 6.92 Å². The van der Waals surface area contributed by atoms with E-state index in [1.165, 1.54) is 10.5 Å². The number of amides is 1. The van der Waals surface area contributed by atoms with Crippen LogP contribution < -0.4 is 5.73 Å². The predicted octanol–water partition coefficient (Wildman–Crippen LogP) is 2.43. The number of piperidine rings is 1. The molecule has 0 bridgehead atoms. The lowest BCUT2D eigenvalue weighted by atomic mass is 10.1. The highest BCUT2D eigenvalue weighted by Gasteiger charge is 2.19. The SMILES string of the molecule is Cc1cccc(SCCC(=O)N2CCC(N)CC2)c1. The summed E-state index contributed by atoms with van der Waals surface area (Å²) in [7, 11) is 0. The molecule has 1 amide bonds. The summed E-state index contributed by atoms with van der Waals surface area (Å²) in [6, 6.07) is 8.69. The fourth-order valence-electron chi connectivity index (χ4n) is 2.27. The molecule has 0 radical (unpaired) electrons. The van der Waals surface area contributed by atoms with Gasteiger partial charge in [-0.25, -0.2) is 0 Å². The van der Waals surface area contributed by atoms with Crippen LogP contribution in [0.1, 0.15) is 24.8 Å². The van der Waals surface area contributed by atoms with Gasteiger partial charge in [0.15, 0.2) is 0 Å². The van der Waals surface area contributed by atoms with Gasteiger partial charge in [0.25, 0.3) is 0 Å². The summed E-state index contributed by atoms with van der Waals surface area (Å²) in [5, 5.41) is 0. The van der Waals surface area contributed by atoms with Gasteiger partial charge in [-0.2, -0.15) is 0 Å². The van der Waals surface area contributed by atoms with E-state index in [4.69, 9.17) is 5.73 Å². The van der Waals surface area contributed by atoms with Crippen LogP contribution in [0.3, 0.4) is 0 Å². The van der Waals surface area contributed by atoms with E-state index >= 15 is 0 Å². The average Bonchev–Trinajstić information content (AvgIpc) is 2.39. The van der Waals surface area contributed by atoms with Crippen molar-refractivity contribution in [2.24, 2.45) is 5.73 Å². The summed E-state index contributed by atoms with van der Waals surface area (Å²) < 4.78 is 0. The van der Waals surface area contributed by atoms with E-state index in [0.717, 1.165) is 31.7 Å². The highest BCUT2D eigenvalue weighted by molar-refractivity contribution is 7.99. The van der Waals surface area contributed by atoms with Crippen LogP contribution in [-0.4, -0.2) is 35.7 Å². The van der Waals surface area contributed by atoms with Gasteiger partial charge in [0.2, 0.25) is 5.91 Å². The second kappa shape index (κ2) is 6.96. The van der Waals surface area contributed by atoms with Gasteiger partial charge in [-0.3, -0.25) is 4.79 Å². The number of aryl methyl sites for hydroxylation is 1. The Hall–Kier alpha value is -1.00. The highest BCUT2D eigenvalue weighted by atomic mass is 32.2. The van der Waals surface area contributed by atoms with Crippen LogP contribution in [0.4, 0.5) is 0 Å². The zero-order valence-corrected chi connectivity index (χ0v) is 12.3. The van der Waals surface area contributed by atoms with Gasteiger partial charge >= 0.3 is 0 Å². The van der Waals surface area contributed by atoms with E-state index in [-0.39, 0.29) is 11.9 Å². The first kappa shape index (κ1) is 14.4. The number of hydrogen-bond acceptors (Lipinski definition) is 3. The number of nitrogens with two attached hydrogens (primary N) is 1. The van der Waals surface area contributed by atoms with Crippen molar-refractivity contribution < 1.29 is 4.79 Å². The van der Waals surface area contributed by atoms with Gasteiger partial charge < -0.3 is 10.6 Å². The summed E-state index contributed by atoms with van der Waals surface area (Å²) in [6.45, 7) is 3.75. The molecule has 0 unspecified atom stereocenters. The van der Waals surface area contributed by atoms with Crippen molar-refractivity contribution in [3.8, 4) is 0 Å². The minimum absolute atomic E-state index is 0.270. The molecule has 1 aliphatic rings. The summed E-state index contributed by atoms with van der Waals surface area (Å²) in [6.07, 6.45) is 2.50. The number of benzene rings is 1. The number of hydrogen-bond donors (Lipinski definition) is 1. The van der Waals surface area contributed by atoms with E-state index in [1.807, 2.05) is 4.90 Å². The third kappa shape index (κ3) is 4.55. The lowest BCUT2D eigenvalue weighted by Gasteiger charge is -2.30. The molecule has 1 aromatic carbocycles. The van der Waals surface area contributed by atoms with Crippen LogP contribution in [0.2, 0.25) is 0 Å². The molecule has 0 spiro atoms. The van der Waals surface area contributed by atoms with Crippen molar-refractivity contribution in [3.05, 3.63) is 29.8 Å². The Bertz CT molecular complexity index is 428. The van der Waals surface area contributed by atoms with Crippen molar-refractivity contribution >= 4 is 17.7 Å². The van der Waals surface area contributed by atoms with E-state index in [0.29, 0.717) is 6.42 Å². The van der Waals surface area contributed by atoms with E-state index < -0.39 is 0 Å². The fraction of sp³-hybridized carbons (Fsp3) is 0.533. The highest BCUT2D eigenvalue weighted by Crippen LogP contribution is 2.20. The minimum atomic E-state index is 0.270. The second-order valence-corrected chi connectivity index (χ2v) is 6.30. The number of nitrogens with zero attached hydrogens (tertiary/aromatic N) is 1. The topological polar surface area (TPSA) is 46.3 Å². The maximum Gasteiger partial charge on any atom is 0.223 e. The summed E-state index contributed by atoms with van der Waals surface area (Å²) in [5.74, 6) is 1.12. The van der Waals surface area contributed by atoms with Crippen LogP contribution in [0.5, 0.6) is 0 Å². The van der Waals surface area contributed by atoms with Crippen LogP contribution in [-0.2, 0) is 4.79 Å². The van der Waals surface area contributed by atoms with Crippen LogP contribution >= 0.6 is 11.8 Å². The van der Waals surface area contributed by atoms with Crippen molar-refractivity contribution in [2.75, 3.05) is 18.8 Å². The van der Waals surface area contributed by atoms with Gasteiger partial charge in [0.1, 0.15) is 0 Å². The monoisotopic (exact) mass is 278 g/mol. The molecule has 3 nitrogen and oxygen atoms in total.